The van der Waals surface area contributed by atoms with E-state index in [0.717, 1.165) is 50.1 Å². The maximum atomic E-state index is 10.9. The fourth-order valence-electron chi connectivity index (χ4n) is 6.18. The van der Waals surface area contributed by atoms with Crippen molar-refractivity contribution in [2.24, 2.45) is 11.8 Å². The van der Waals surface area contributed by atoms with Gasteiger partial charge in [0.15, 0.2) is 0 Å². The van der Waals surface area contributed by atoms with Crippen molar-refractivity contribution in [2.75, 3.05) is 0 Å². The third kappa shape index (κ3) is 5.53. The molecule has 2 fully saturated rings. The molecular weight excluding hydrogens is 406 g/mol. The van der Waals surface area contributed by atoms with Crippen molar-refractivity contribution in [1.82, 2.24) is 4.90 Å². The van der Waals surface area contributed by atoms with E-state index in [1.807, 2.05) is 0 Å². The average molecular weight is 450 g/mol. The highest BCUT2D eigenvalue weighted by Crippen LogP contribution is 2.46. The lowest BCUT2D eigenvalue weighted by molar-refractivity contribution is -0.236. The molecule has 0 radical (unpaired) electrons. The summed E-state index contributed by atoms with van der Waals surface area (Å²) in [5, 5.41) is 10.9. The number of rotatable bonds is 8. The summed E-state index contributed by atoms with van der Waals surface area (Å²) >= 11 is 0. The molecule has 1 saturated heterocycles. The van der Waals surface area contributed by atoms with E-state index in [1.165, 1.54) is 24.0 Å². The molecular formula is C30H43NO2. The van der Waals surface area contributed by atoms with Gasteiger partial charge in [-0.1, -0.05) is 87.7 Å². The first-order valence-electron chi connectivity index (χ1n) is 13.1. The molecule has 4 rings (SSSR count). The first-order valence-corrected chi connectivity index (χ1v) is 13.1. The summed E-state index contributed by atoms with van der Waals surface area (Å²) < 4.78 is 6.95. The first-order chi connectivity index (χ1) is 15.9. The maximum Gasteiger partial charge on any atom is 0.115 e. The second-order valence-corrected chi connectivity index (χ2v) is 11.0. The van der Waals surface area contributed by atoms with E-state index in [1.54, 1.807) is 0 Å². The minimum atomic E-state index is -0.400. The zero-order valence-corrected chi connectivity index (χ0v) is 21.0. The van der Waals surface area contributed by atoms with Crippen LogP contribution in [0.3, 0.4) is 0 Å². The lowest BCUT2D eigenvalue weighted by atomic mass is 9.69. The third-order valence-electron chi connectivity index (χ3n) is 8.22. The zero-order chi connectivity index (χ0) is 23.4. The Morgan fingerprint density at radius 3 is 2.55 bits per heavy atom. The molecule has 0 spiro atoms. The van der Waals surface area contributed by atoms with Gasteiger partial charge in [-0.2, -0.15) is 0 Å². The summed E-state index contributed by atoms with van der Waals surface area (Å²) in [6, 6.07) is 19.3. The van der Waals surface area contributed by atoms with Crippen molar-refractivity contribution in [2.45, 2.75) is 103 Å². The highest BCUT2D eigenvalue weighted by molar-refractivity contribution is 5.30. The SMILES string of the molecule is CCCC[C@H](O)c1ccccc1C[C@@H]1O[C@@H]2C[C@H](C)CC[C@H]2C(C)(C)N1Cc1ccccc1. The molecule has 3 heteroatoms. The van der Waals surface area contributed by atoms with Crippen LogP contribution < -0.4 is 0 Å². The fraction of sp³-hybridized carbons (Fsp3) is 0.600. The van der Waals surface area contributed by atoms with Crippen LogP contribution in [-0.2, 0) is 17.7 Å². The van der Waals surface area contributed by atoms with Gasteiger partial charge in [0.25, 0.3) is 0 Å². The van der Waals surface area contributed by atoms with Gasteiger partial charge < -0.3 is 9.84 Å². The Kier molecular flexibility index (Phi) is 7.94. The largest absolute Gasteiger partial charge is 0.388 e. The summed E-state index contributed by atoms with van der Waals surface area (Å²) in [6.07, 6.45) is 7.40. The molecule has 3 nitrogen and oxygen atoms in total. The van der Waals surface area contributed by atoms with Crippen molar-refractivity contribution in [3.63, 3.8) is 0 Å². The van der Waals surface area contributed by atoms with Crippen molar-refractivity contribution < 1.29 is 9.84 Å². The highest BCUT2D eigenvalue weighted by atomic mass is 16.5. The van der Waals surface area contributed by atoms with Crippen LogP contribution in [0.2, 0.25) is 0 Å². The number of unbranched alkanes of at least 4 members (excludes halogenated alkanes) is 1. The molecule has 1 aliphatic carbocycles. The smallest absolute Gasteiger partial charge is 0.115 e. The Morgan fingerprint density at radius 1 is 1.06 bits per heavy atom. The van der Waals surface area contributed by atoms with Gasteiger partial charge >= 0.3 is 0 Å². The summed E-state index contributed by atoms with van der Waals surface area (Å²) in [7, 11) is 0. The van der Waals surface area contributed by atoms with Crippen molar-refractivity contribution in [3.8, 4) is 0 Å². The highest BCUT2D eigenvalue weighted by Gasteiger charge is 2.50. The van der Waals surface area contributed by atoms with Gasteiger partial charge in [-0.3, -0.25) is 4.90 Å². The Labute approximate surface area is 201 Å². The van der Waals surface area contributed by atoms with Crippen molar-refractivity contribution in [3.05, 3.63) is 71.3 Å². The van der Waals surface area contributed by atoms with E-state index in [0.29, 0.717) is 12.0 Å². The summed E-state index contributed by atoms with van der Waals surface area (Å²) in [5.74, 6) is 1.28. The molecule has 1 heterocycles. The standard InChI is InChI=1S/C30H43NO2/c1-5-6-16-27(32)25-15-11-10-14-24(25)20-29-31(21-23-12-8-7-9-13-23)30(3,4)26-18-17-22(2)19-28(26)33-29/h7-15,22,26-29,32H,5-6,16-21H2,1-4H3/t22-,26-,27+,28-,29+/m1/s1. The van der Waals surface area contributed by atoms with Gasteiger partial charge in [-0.15, -0.1) is 0 Å². The van der Waals surface area contributed by atoms with Crippen LogP contribution in [0.1, 0.15) is 89.0 Å². The van der Waals surface area contributed by atoms with Gasteiger partial charge in [0, 0.05) is 24.4 Å². The minimum absolute atomic E-state index is 0.00582. The predicted octanol–water partition coefficient (Wildman–Crippen LogP) is 6.89. The lowest BCUT2D eigenvalue weighted by Gasteiger charge is -2.57. The predicted molar refractivity (Wildman–Crippen MR) is 136 cm³/mol. The number of benzene rings is 2. The zero-order valence-electron chi connectivity index (χ0n) is 21.0. The molecule has 1 aliphatic heterocycles. The molecule has 0 unspecified atom stereocenters. The van der Waals surface area contributed by atoms with E-state index in [9.17, 15) is 5.11 Å². The molecule has 0 amide bonds. The number of hydrogen-bond acceptors (Lipinski definition) is 3. The molecule has 180 valence electrons. The second-order valence-electron chi connectivity index (χ2n) is 11.0. The number of hydrogen-bond donors (Lipinski definition) is 1. The lowest BCUT2D eigenvalue weighted by Crippen LogP contribution is -2.64. The number of fused-ring (bicyclic) bond motifs is 1. The second kappa shape index (κ2) is 10.7. The van der Waals surface area contributed by atoms with Crippen LogP contribution in [0.15, 0.2) is 54.6 Å². The Bertz CT molecular complexity index is 880. The van der Waals surface area contributed by atoms with Crippen LogP contribution in [-0.4, -0.2) is 27.9 Å². The third-order valence-corrected chi connectivity index (χ3v) is 8.22. The van der Waals surface area contributed by atoms with Crippen LogP contribution in [0.4, 0.5) is 0 Å². The normalized spacial score (nSPS) is 28.3. The number of aliphatic hydroxyl groups is 1. The molecule has 5 atom stereocenters. The van der Waals surface area contributed by atoms with Crippen molar-refractivity contribution in [1.29, 1.82) is 0 Å². The van der Waals surface area contributed by atoms with Gasteiger partial charge in [0.2, 0.25) is 0 Å². The van der Waals surface area contributed by atoms with Crippen molar-refractivity contribution >= 4 is 0 Å². The first kappa shape index (κ1) is 24.4. The summed E-state index contributed by atoms with van der Waals surface area (Å²) in [5.41, 5.74) is 3.69. The molecule has 1 N–H and O–H groups in total. The number of aliphatic hydroxyl groups excluding tert-OH is 1. The molecule has 2 aromatic carbocycles. The summed E-state index contributed by atoms with van der Waals surface area (Å²) in [6.45, 7) is 10.3. The van der Waals surface area contributed by atoms with Crippen LogP contribution >= 0.6 is 0 Å². The number of ether oxygens (including phenoxy) is 1. The monoisotopic (exact) mass is 449 g/mol. The van der Waals surface area contributed by atoms with Crippen LogP contribution in [0.5, 0.6) is 0 Å². The van der Waals surface area contributed by atoms with Gasteiger partial charge in [-0.05, 0) is 55.7 Å². The molecule has 2 aromatic rings. The van der Waals surface area contributed by atoms with E-state index < -0.39 is 6.10 Å². The van der Waals surface area contributed by atoms with E-state index in [-0.39, 0.29) is 11.8 Å². The molecule has 0 bridgehead atoms. The van der Waals surface area contributed by atoms with Gasteiger partial charge in [0.05, 0.1) is 12.2 Å². The van der Waals surface area contributed by atoms with Gasteiger partial charge in [0.1, 0.15) is 6.23 Å². The van der Waals surface area contributed by atoms with Gasteiger partial charge in [-0.25, -0.2) is 0 Å². The van der Waals surface area contributed by atoms with Crippen LogP contribution in [0.25, 0.3) is 0 Å². The fourth-order valence-corrected chi connectivity index (χ4v) is 6.18. The minimum Gasteiger partial charge on any atom is -0.388 e. The Balaban J connectivity index is 1.64. The average Bonchev–Trinajstić information content (AvgIpc) is 2.81. The van der Waals surface area contributed by atoms with Crippen LogP contribution in [0, 0.1) is 11.8 Å². The molecule has 33 heavy (non-hydrogen) atoms. The summed E-state index contributed by atoms with van der Waals surface area (Å²) in [4.78, 5) is 2.61. The van der Waals surface area contributed by atoms with E-state index in [4.69, 9.17) is 4.74 Å². The quantitative estimate of drug-likeness (QED) is 0.476. The maximum absolute atomic E-state index is 10.9. The topological polar surface area (TPSA) is 32.7 Å². The Morgan fingerprint density at radius 2 is 1.79 bits per heavy atom. The number of nitrogens with zero attached hydrogens (tertiary/aromatic N) is 1. The molecule has 1 saturated carbocycles. The van der Waals surface area contributed by atoms with E-state index in [2.05, 4.69) is 87.2 Å². The Hall–Kier alpha value is -1.68. The van der Waals surface area contributed by atoms with E-state index >= 15 is 0 Å². The molecule has 2 aliphatic rings. The molecule has 0 aromatic heterocycles.